The summed E-state index contributed by atoms with van der Waals surface area (Å²) in [7, 11) is 0. The van der Waals surface area contributed by atoms with E-state index in [4.69, 9.17) is 4.74 Å². The van der Waals surface area contributed by atoms with Crippen molar-refractivity contribution in [2.24, 2.45) is 0 Å². The van der Waals surface area contributed by atoms with Gasteiger partial charge >= 0.3 is 0 Å². The Kier molecular flexibility index (Phi) is 4.38. The van der Waals surface area contributed by atoms with Crippen molar-refractivity contribution in [1.29, 1.82) is 0 Å². The van der Waals surface area contributed by atoms with Gasteiger partial charge in [-0.25, -0.2) is 0 Å². The van der Waals surface area contributed by atoms with Crippen molar-refractivity contribution in [3.8, 4) is 11.5 Å². The smallest absolute Gasteiger partial charge is 0.162 e. The first kappa shape index (κ1) is 13.8. The predicted molar refractivity (Wildman–Crippen MR) is 80.0 cm³/mol. The lowest BCUT2D eigenvalue weighted by Crippen LogP contribution is -1.95. The molecule has 0 saturated carbocycles. The van der Waals surface area contributed by atoms with Crippen LogP contribution in [0, 0.1) is 6.92 Å². The van der Waals surface area contributed by atoms with E-state index in [0.717, 1.165) is 21.5 Å². The maximum Gasteiger partial charge on any atom is 0.162 e. The first-order valence-electron chi connectivity index (χ1n) is 6.17. The topological polar surface area (TPSA) is 26.3 Å². The van der Waals surface area contributed by atoms with Gasteiger partial charge in [-0.3, -0.25) is 4.79 Å². The van der Waals surface area contributed by atoms with Crippen molar-refractivity contribution in [2.75, 3.05) is 0 Å². The summed E-state index contributed by atoms with van der Waals surface area (Å²) in [6.07, 6.45) is 0.518. The molecule has 0 saturated heterocycles. The van der Waals surface area contributed by atoms with E-state index >= 15 is 0 Å². The van der Waals surface area contributed by atoms with Crippen molar-refractivity contribution < 1.29 is 9.53 Å². The summed E-state index contributed by atoms with van der Waals surface area (Å²) in [4.78, 5) is 11.5. The van der Waals surface area contributed by atoms with Gasteiger partial charge in [-0.1, -0.05) is 13.0 Å². The zero-order valence-corrected chi connectivity index (χ0v) is 12.5. The van der Waals surface area contributed by atoms with Crippen LogP contribution in [-0.2, 0) is 0 Å². The number of ether oxygens (including phenoxy) is 1. The molecule has 0 atom stereocenters. The molecule has 2 aromatic carbocycles. The van der Waals surface area contributed by atoms with Crippen LogP contribution in [0.5, 0.6) is 11.5 Å². The molecule has 0 aliphatic carbocycles. The first-order valence-corrected chi connectivity index (χ1v) is 6.96. The highest BCUT2D eigenvalue weighted by molar-refractivity contribution is 9.10. The predicted octanol–water partition coefficient (Wildman–Crippen LogP) is 5.14. The summed E-state index contributed by atoms with van der Waals surface area (Å²) < 4.78 is 6.69. The normalized spacial score (nSPS) is 10.3. The number of Topliss-reactive ketones (excluding diaryl/α,β-unsaturated/α-hetero) is 1. The molecule has 19 heavy (non-hydrogen) atoms. The van der Waals surface area contributed by atoms with E-state index < -0.39 is 0 Å². The van der Waals surface area contributed by atoms with Crippen molar-refractivity contribution in [3.63, 3.8) is 0 Å². The Morgan fingerprint density at radius 3 is 2.42 bits per heavy atom. The first-order chi connectivity index (χ1) is 9.10. The number of hydrogen-bond acceptors (Lipinski definition) is 2. The van der Waals surface area contributed by atoms with Crippen LogP contribution in [0.15, 0.2) is 46.9 Å². The van der Waals surface area contributed by atoms with Gasteiger partial charge in [0.1, 0.15) is 11.5 Å². The summed E-state index contributed by atoms with van der Waals surface area (Å²) in [5.41, 5.74) is 1.89. The third kappa shape index (κ3) is 3.44. The molecule has 0 bridgehead atoms. The van der Waals surface area contributed by atoms with Crippen molar-refractivity contribution in [1.82, 2.24) is 0 Å². The van der Waals surface area contributed by atoms with Gasteiger partial charge in [-0.2, -0.15) is 0 Å². The van der Waals surface area contributed by atoms with Crippen LogP contribution in [0.4, 0.5) is 0 Å². The fraction of sp³-hybridized carbons (Fsp3) is 0.188. The van der Waals surface area contributed by atoms with E-state index in [2.05, 4.69) is 15.9 Å². The minimum absolute atomic E-state index is 0.142. The Hall–Kier alpha value is -1.61. The molecular weight excluding hydrogens is 304 g/mol. The monoisotopic (exact) mass is 318 g/mol. The van der Waals surface area contributed by atoms with Crippen LogP contribution in [0.1, 0.15) is 29.3 Å². The highest BCUT2D eigenvalue weighted by atomic mass is 79.9. The molecule has 0 aromatic heterocycles. The number of halogens is 1. The Bertz CT molecular complexity index is 588. The molecule has 0 heterocycles. The maximum absolute atomic E-state index is 11.5. The van der Waals surface area contributed by atoms with Crippen LogP contribution >= 0.6 is 15.9 Å². The molecule has 0 aliphatic heterocycles. The molecule has 0 N–H and O–H groups in total. The van der Waals surface area contributed by atoms with Crippen molar-refractivity contribution >= 4 is 21.7 Å². The molecule has 0 fully saturated rings. The summed E-state index contributed by atoms with van der Waals surface area (Å²) >= 11 is 3.47. The number of carbonyl (C=O) groups is 1. The summed E-state index contributed by atoms with van der Waals surface area (Å²) in [6, 6.07) is 13.1. The zero-order chi connectivity index (χ0) is 13.8. The third-order valence-corrected chi connectivity index (χ3v) is 3.43. The minimum Gasteiger partial charge on any atom is -0.456 e. The molecule has 0 amide bonds. The van der Waals surface area contributed by atoms with Crippen LogP contribution in [0.25, 0.3) is 0 Å². The van der Waals surface area contributed by atoms with Gasteiger partial charge in [0, 0.05) is 12.0 Å². The van der Waals surface area contributed by atoms with Gasteiger partial charge in [-0.15, -0.1) is 0 Å². The fourth-order valence-electron chi connectivity index (χ4n) is 1.73. The molecule has 98 valence electrons. The molecular formula is C16H15BrO2. The second-order valence-electron chi connectivity index (χ2n) is 4.34. The average molecular weight is 319 g/mol. The van der Waals surface area contributed by atoms with Crippen LogP contribution in [-0.4, -0.2) is 5.78 Å². The molecule has 0 unspecified atom stereocenters. The highest BCUT2D eigenvalue weighted by Crippen LogP contribution is 2.30. The second-order valence-corrected chi connectivity index (χ2v) is 5.19. The van der Waals surface area contributed by atoms with Crippen LogP contribution in [0.2, 0.25) is 0 Å². The summed E-state index contributed by atoms with van der Waals surface area (Å²) in [5.74, 6) is 1.63. The number of rotatable bonds is 4. The molecule has 3 heteroatoms. The lowest BCUT2D eigenvalue weighted by molar-refractivity contribution is 0.0988. The molecule has 2 aromatic rings. The van der Waals surface area contributed by atoms with E-state index in [-0.39, 0.29) is 5.78 Å². The number of benzene rings is 2. The summed E-state index contributed by atoms with van der Waals surface area (Å²) in [6.45, 7) is 3.88. The molecule has 2 nitrogen and oxygen atoms in total. The molecule has 0 aliphatic rings. The van der Waals surface area contributed by atoms with Crippen LogP contribution < -0.4 is 4.74 Å². The minimum atomic E-state index is 0.142. The van der Waals surface area contributed by atoms with E-state index in [9.17, 15) is 4.79 Å². The number of hydrogen-bond donors (Lipinski definition) is 0. The average Bonchev–Trinajstić information content (AvgIpc) is 2.42. The van der Waals surface area contributed by atoms with E-state index in [1.54, 1.807) is 12.1 Å². The zero-order valence-electron chi connectivity index (χ0n) is 10.9. The number of aryl methyl sites for hydroxylation is 1. The lowest BCUT2D eigenvalue weighted by Gasteiger charge is -2.08. The van der Waals surface area contributed by atoms with Gasteiger partial charge in [-0.05, 0) is 64.8 Å². The molecule has 2 rings (SSSR count). The van der Waals surface area contributed by atoms with Gasteiger partial charge in [0.15, 0.2) is 5.78 Å². The second kappa shape index (κ2) is 6.02. The van der Waals surface area contributed by atoms with Crippen LogP contribution in [0.3, 0.4) is 0 Å². The van der Waals surface area contributed by atoms with Crippen molar-refractivity contribution in [3.05, 3.63) is 58.1 Å². The van der Waals surface area contributed by atoms with Crippen molar-refractivity contribution in [2.45, 2.75) is 20.3 Å². The highest BCUT2D eigenvalue weighted by Gasteiger charge is 2.05. The quantitative estimate of drug-likeness (QED) is 0.729. The standard InChI is InChI=1S/C16H15BrO2/c1-3-15(18)12-5-7-13(8-6-12)19-16-9-4-11(2)10-14(16)17/h4-10H,3H2,1-2H3. The largest absolute Gasteiger partial charge is 0.456 e. The Morgan fingerprint density at radius 2 is 1.84 bits per heavy atom. The molecule has 0 radical (unpaired) electrons. The Morgan fingerprint density at radius 1 is 1.16 bits per heavy atom. The Balaban J connectivity index is 2.17. The van der Waals surface area contributed by atoms with Gasteiger partial charge in [0.05, 0.1) is 4.47 Å². The van der Waals surface area contributed by atoms with Gasteiger partial charge in [0.2, 0.25) is 0 Å². The van der Waals surface area contributed by atoms with E-state index in [1.165, 1.54) is 5.56 Å². The Labute approximate surface area is 121 Å². The fourth-order valence-corrected chi connectivity index (χ4v) is 2.30. The number of ketones is 1. The lowest BCUT2D eigenvalue weighted by atomic mass is 10.1. The van der Waals surface area contributed by atoms with E-state index in [0.29, 0.717) is 6.42 Å². The molecule has 0 spiro atoms. The summed E-state index contributed by atoms with van der Waals surface area (Å²) in [5, 5.41) is 0. The van der Waals surface area contributed by atoms with Gasteiger partial charge < -0.3 is 4.74 Å². The SMILES string of the molecule is CCC(=O)c1ccc(Oc2ccc(C)cc2Br)cc1. The van der Waals surface area contributed by atoms with E-state index in [1.807, 2.05) is 44.2 Å². The third-order valence-electron chi connectivity index (χ3n) is 2.81. The maximum atomic E-state index is 11.5. The van der Waals surface area contributed by atoms with Gasteiger partial charge in [0.25, 0.3) is 0 Å². The number of carbonyl (C=O) groups excluding carboxylic acids is 1.